The zero-order chi connectivity index (χ0) is 23.0. The Bertz CT molecular complexity index is 1260. The molecule has 0 aliphatic carbocycles. The quantitative estimate of drug-likeness (QED) is 0.201. The molecule has 0 aliphatic heterocycles. The van der Waals surface area contributed by atoms with Crippen molar-refractivity contribution in [3.8, 4) is 22.8 Å². The van der Waals surface area contributed by atoms with Crippen LogP contribution in [-0.4, -0.2) is 39.7 Å². The van der Waals surface area contributed by atoms with Gasteiger partial charge in [0.2, 0.25) is 0 Å². The lowest BCUT2D eigenvalue weighted by molar-refractivity contribution is -0.118. The molecule has 33 heavy (non-hydrogen) atoms. The van der Waals surface area contributed by atoms with E-state index in [1.54, 1.807) is 13.3 Å². The summed E-state index contributed by atoms with van der Waals surface area (Å²) in [5.74, 6) is 1.34. The van der Waals surface area contributed by atoms with Crippen molar-refractivity contribution in [3.63, 3.8) is 0 Å². The number of ether oxygens (including phenoxy) is 1. The van der Waals surface area contributed by atoms with E-state index in [1.807, 2.05) is 83.4 Å². The highest BCUT2D eigenvalue weighted by molar-refractivity contribution is 9.10. The van der Waals surface area contributed by atoms with E-state index in [-0.39, 0.29) is 11.7 Å². The Morgan fingerprint density at radius 1 is 1.06 bits per heavy atom. The van der Waals surface area contributed by atoms with Crippen molar-refractivity contribution >= 4 is 39.8 Å². The molecular formula is C24H20BrN5O2S. The molecule has 0 spiro atoms. The lowest BCUT2D eigenvalue weighted by atomic mass is 10.2. The predicted octanol–water partition coefficient (Wildman–Crippen LogP) is 4.95. The van der Waals surface area contributed by atoms with Crippen molar-refractivity contribution < 1.29 is 9.53 Å². The minimum Gasteiger partial charge on any atom is -0.497 e. The van der Waals surface area contributed by atoms with Crippen molar-refractivity contribution in [1.82, 2.24) is 20.2 Å². The molecule has 0 atom stereocenters. The van der Waals surface area contributed by atoms with Crippen LogP contribution in [0.1, 0.15) is 5.56 Å². The van der Waals surface area contributed by atoms with Crippen LogP contribution in [0.3, 0.4) is 0 Å². The molecule has 0 aliphatic rings. The van der Waals surface area contributed by atoms with Crippen molar-refractivity contribution in [2.24, 2.45) is 5.10 Å². The molecule has 4 rings (SSSR count). The molecule has 0 radical (unpaired) electrons. The molecule has 0 bridgehead atoms. The summed E-state index contributed by atoms with van der Waals surface area (Å²) in [6.45, 7) is 0. The van der Waals surface area contributed by atoms with Crippen molar-refractivity contribution in [2.45, 2.75) is 5.16 Å². The van der Waals surface area contributed by atoms with E-state index in [9.17, 15) is 4.79 Å². The molecule has 9 heteroatoms. The highest BCUT2D eigenvalue weighted by atomic mass is 79.9. The molecular weight excluding hydrogens is 502 g/mol. The third-order valence-corrected chi connectivity index (χ3v) is 6.28. The summed E-state index contributed by atoms with van der Waals surface area (Å²) in [6, 6.07) is 25.0. The Labute approximate surface area is 204 Å². The number of nitrogens with zero attached hydrogens (tertiary/aromatic N) is 4. The zero-order valence-electron chi connectivity index (χ0n) is 17.7. The summed E-state index contributed by atoms with van der Waals surface area (Å²) in [7, 11) is 1.63. The first-order valence-electron chi connectivity index (χ1n) is 10.00. The van der Waals surface area contributed by atoms with Crippen molar-refractivity contribution in [3.05, 3.63) is 88.9 Å². The predicted molar refractivity (Wildman–Crippen MR) is 134 cm³/mol. The second-order valence-corrected chi connectivity index (χ2v) is 8.61. The minimum absolute atomic E-state index is 0.140. The molecule has 1 aromatic heterocycles. The van der Waals surface area contributed by atoms with Gasteiger partial charge in [0.25, 0.3) is 5.91 Å². The summed E-state index contributed by atoms with van der Waals surface area (Å²) in [6.07, 6.45) is 1.60. The number of nitrogens with one attached hydrogen (secondary N) is 1. The van der Waals surface area contributed by atoms with E-state index in [4.69, 9.17) is 4.74 Å². The monoisotopic (exact) mass is 521 g/mol. The molecule has 0 saturated heterocycles. The molecule has 1 heterocycles. The molecule has 7 nitrogen and oxygen atoms in total. The molecule has 166 valence electrons. The van der Waals surface area contributed by atoms with E-state index >= 15 is 0 Å². The average Bonchev–Trinajstić information content (AvgIpc) is 3.28. The first-order valence-corrected chi connectivity index (χ1v) is 11.8. The number of methoxy groups -OCH3 is 1. The standard InChI is InChI=1S/C24H20BrN5O2S/c1-32-20-13-11-17(12-14-20)23-28-29-24(30(23)19-8-3-2-4-9-19)33-16-22(31)27-26-15-18-7-5-6-10-21(18)25/h2-15H,16H2,1H3,(H,27,31)/b26-15+. The summed E-state index contributed by atoms with van der Waals surface area (Å²) < 4.78 is 8.09. The van der Waals surface area contributed by atoms with Crippen LogP contribution in [0.5, 0.6) is 5.75 Å². The van der Waals surface area contributed by atoms with Gasteiger partial charge in [0.05, 0.1) is 19.1 Å². The maximum atomic E-state index is 12.4. The van der Waals surface area contributed by atoms with Gasteiger partial charge >= 0.3 is 0 Å². The van der Waals surface area contributed by atoms with Gasteiger partial charge in [-0.15, -0.1) is 10.2 Å². The zero-order valence-corrected chi connectivity index (χ0v) is 20.1. The Morgan fingerprint density at radius 2 is 1.79 bits per heavy atom. The normalized spacial score (nSPS) is 11.0. The van der Waals surface area contributed by atoms with E-state index in [0.29, 0.717) is 11.0 Å². The maximum Gasteiger partial charge on any atom is 0.250 e. The van der Waals surface area contributed by atoms with E-state index in [2.05, 4.69) is 36.7 Å². The number of amides is 1. The molecule has 1 amide bonds. The van der Waals surface area contributed by atoms with E-state index < -0.39 is 0 Å². The van der Waals surface area contributed by atoms with E-state index in [0.717, 1.165) is 27.0 Å². The lowest BCUT2D eigenvalue weighted by Crippen LogP contribution is -2.20. The minimum atomic E-state index is -0.239. The molecule has 0 saturated carbocycles. The van der Waals surface area contributed by atoms with Crippen LogP contribution in [0.2, 0.25) is 0 Å². The Balaban J connectivity index is 1.51. The van der Waals surface area contributed by atoms with Gasteiger partial charge in [0.1, 0.15) is 5.75 Å². The largest absolute Gasteiger partial charge is 0.497 e. The number of hydrogen-bond acceptors (Lipinski definition) is 6. The van der Waals surface area contributed by atoms with Crippen molar-refractivity contribution in [2.75, 3.05) is 12.9 Å². The van der Waals surface area contributed by atoms with Crippen LogP contribution in [0.25, 0.3) is 17.1 Å². The number of halogens is 1. The van der Waals surface area contributed by atoms with Gasteiger partial charge in [-0.3, -0.25) is 9.36 Å². The fourth-order valence-electron chi connectivity index (χ4n) is 3.02. The van der Waals surface area contributed by atoms with Crippen LogP contribution in [-0.2, 0) is 4.79 Å². The summed E-state index contributed by atoms with van der Waals surface area (Å²) in [5.41, 5.74) is 5.23. The number of rotatable bonds is 8. The van der Waals surface area contributed by atoms with Crippen LogP contribution in [0.4, 0.5) is 0 Å². The number of carbonyl (C=O) groups is 1. The molecule has 4 aromatic rings. The molecule has 0 unspecified atom stereocenters. The second-order valence-electron chi connectivity index (χ2n) is 6.81. The van der Waals surface area contributed by atoms with Gasteiger partial charge < -0.3 is 4.74 Å². The fourth-order valence-corrected chi connectivity index (χ4v) is 4.15. The highest BCUT2D eigenvalue weighted by Crippen LogP contribution is 2.28. The molecule has 0 fully saturated rings. The van der Waals surface area contributed by atoms with Crippen LogP contribution in [0.15, 0.2) is 93.6 Å². The van der Waals surface area contributed by atoms with Crippen LogP contribution >= 0.6 is 27.7 Å². The number of hydrazone groups is 1. The van der Waals surface area contributed by atoms with Crippen LogP contribution < -0.4 is 10.2 Å². The Kier molecular flexibility index (Phi) is 7.54. The Morgan fingerprint density at radius 3 is 2.52 bits per heavy atom. The van der Waals surface area contributed by atoms with Crippen molar-refractivity contribution in [1.29, 1.82) is 0 Å². The third kappa shape index (κ3) is 5.68. The first kappa shape index (κ1) is 22.8. The van der Waals surface area contributed by atoms with Gasteiger partial charge in [0.15, 0.2) is 11.0 Å². The number of aromatic nitrogens is 3. The van der Waals surface area contributed by atoms with Gasteiger partial charge in [0, 0.05) is 21.3 Å². The third-order valence-electron chi connectivity index (χ3n) is 4.63. The number of hydrogen-bond donors (Lipinski definition) is 1. The topological polar surface area (TPSA) is 81.4 Å². The maximum absolute atomic E-state index is 12.4. The number of para-hydroxylation sites is 1. The number of carbonyl (C=O) groups excluding carboxylic acids is 1. The van der Waals surface area contributed by atoms with Gasteiger partial charge in [-0.05, 0) is 42.5 Å². The summed E-state index contributed by atoms with van der Waals surface area (Å²) in [4.78, 5) is 12.4. The average molecular weight is 522 g/mol. The van der Waals surface area contributed by atoms with Crippen LogP contribution in [0, 0.1) is 0 Å². The van der Waals surface area contributed by atoms with Gasteiger partial charge in [-0.2, -0.15) is 5.10 Å². The SMILES string of the molecule is COc1ccc(-c2nnc(SCC(=O)N/N=C/c3ccccc3Br)n2-c2ccccc2)cc1. The Hall–Kier alpha value is -3.43. The summed E-state index contributed by atoms with van der Waals surface area (Å²) >= 11 is 4.74. The number of thioether (sulfide) groups is 1. The fraction of sp³-hybridized carbons (Fsp3) is 0.0833. The lowest BCUT2D eigenvalue weighted by Gasteiger charge is -2.10. The first-order chi connectivity index (χ1) is 16.2. The highest BCUT2D eigenvalue weighted by Gasteiger charge is 2.17. The number of benzene rings is 3. The molecule has 3 aromatic carbocycles. The van der Waals surface area contributed by atoms with Gasteiger partial charge in [-0.1, -0.05) is 64.1 Å². The smallest absolute Gasteiger partial charge is 0.250 e. The molecule has 1 N–H and O–H groups in total. The summed E-state index contributed by atoms with van der Waals surface area (Å²) in [5, 5.41) is 13.4. The van der Waals surface area contributed by atoms with E-state index in [1.165, 1.54) is 11.8 Å². The second kappa shape index (κ2) is 10.9. The van der Waals surface area contributed by atoms with Gasteiger partial charge in [-0.25, -0.2) is 5.43 Å².